The fourth-order valence-electron chi connectivity index (χ4n) is 2.10. The average molecular weight is 299 g/mol. The number of ether oxygens (including phenoxy) is 2. The quantitative estimate of drug-likeness (QED) is 0.689. The second-order valence-corrected chi connectivity index (χ2v) is 4.72. The van der Waals surface area contributed by atoms with Gasteiger partial charge in [0.15, 0.2) is 5.82 Å². The number of aromatic nitrogens is 4. The third-order valence-electron chi connectivity index (χ3n) is 3.19. The molecule has 0 radical (unpaired) electrons. The molecule has 0 amide bonds. The van der Waals surface area contributed by atoms with Crippen LogP contribution in [0.1, 0.15) is 5.56 Å². The Morgan fingerprint density at radius 2 is 2.09 bits per heavy atom. The highest BCUT2D eigenvalue weighted by atomic mass is 16.5. The molecule has 0 unspecified atom stereocenters. The Labute approximate surface area is 128 Å². The molecule has 2 N–H and O–H groups in total. The average Bonchev–Trinajstić information content (AvgIpc) is 3.02. The van der Waals surface area contributed by atoms with E-state index in [1.165, 1.54) is 6.33 Å². The summed E-state index contributed by atoms with van der Waals surface area (Å²) in [4.78, 5) is 8.22. The zero-order valence-corrected chi connectivity index (χ0v) is 12.3. The van der Waals surface area contributed by atoms with E-state index < -0.39 is 0 Å². The van der Waals surface area contributed by atoms with Crippen molar-refractivity contribution in [3.63, 3.8) is 0 Å². The molecule has 0 saturated carbocycles. The van der Waals surface area contributed by atoms with Crippen molar-refractivity contribution in [1.29, 1.82) is 0 Å². The molecule has 0 bridgehead atoms. The number of imidazole rings is 1. The lowest BCUT2D eigenvalue weighted by molar-refractivity contribution is 0.146. The van der Waals surface area contributed by atoms with Crippen LogP contribution in [0.3, 0.4) is 0 Å². The van der Waals surface area contributed by atoms with Crippen LogP contribution in [0.4, 0.5) is 0 Å². The first-order valence-corrected chi connectivity index (χ1v) is 6.92. The maximum atomic E-state index is 5.76. The van der Waals surface area contributed by atoms with Crippen LogP contribution in [-0.2, 0) is 11.3 Å². The minimum Gasteiger partial charge on any atom is -0.491 e. The van der Waals surface area contributed by atoms with E-state index in [-0.39, 0.29) is 0 Å². The van der Waals surface area contributed by atoms with E-state index in [0.717, 1.165) is 22.7 Å². The van der Waals surface area contributed by atoms with E-state index in [1.807, 2.05) is 30.5 Å². The molecule has 2 aliphatic rings. The van der Waals surface area contributed by atoms with E-state index in [4.69, 9.17) is 15.2 Å². The fraction of sp³-hybridized carbons (Fsp3) is 0.267. The minimum atomic E-state index is 0.424. The Balaban J connectivity index is 1.94. The van der Waals surface area contributed by atoms with Crippen molar-refractivity contribution in [2.24, 2.45) is 5.73 Å². The number of hydrogen-bond acceptors (Lipinski definition) is 6. The van der Waals surface area contributed by atoms with Crippen molar-refractivity contribution >= 4 is 0 Å². The molecule has 0 spiro atoms. The summed E-state index contributed by atoms with van der Waals surface area (Å²) in [6.07, 6.45) is 3.34. The van der Waals surface area contributed by atoms with Crippen LogP contribution < -0.4 is 10.5 Å². The maximum absolute atomic E-state index is 5.76. The van der Waals surface area contributed by atoms with Crippen molar-refractivity contribution in [1.82, 2.24) is 19.7 Å². The van der Waals surface area contributed by atoms with Gasteiger partial charge in [-0.1, -0.05) is 0 Å². The van der Waals surface area contributed by atoms with E-state index >= 15 is 0 Å². The molecule has 0 aromatic heterocycles. The van der Waals surface area contributed by atoms with Gasteiger partial charge in [0.2, 0.25) is 0 Å². The third-order valence-corrected chi connectivity index (χ3v) is 3.19. The highest BCUT2D eigenvalue weighted by molar-refractivity contribution is 5.50. The standard InChI is InChI=1S/C15H17N5O2/c1-21-4-5-22-13-7-11(9-16)6-12(8-13)20-3-2-14-15(19-20)18-10-17-14/h2-3,6-8,10H,4-5,9,16H2,1H3. The number of benzene rings is 1. The number of nitrogens with two attached hydrogens (primary N) is 1. The Bertz CT molecular complexity index is 728. The van der Waals surface area contributed by atoms with Crippen LogP contribution in [0.5, 0.6) is 5.75 Å². The molecule has 1 aromatic rings. The van der Waals surface area contributed by atoms with Gasteiger partial charge in [-0.3, -0.25) is 0 Å². The van der Waals surface area contributed by atoms with Gasteiger partial charge in [0.25, 0.3) is 0 Å². The topological polar surface area (TPSA) is 88.1 Å². The molecule has 0 fully saturated rings. The molecule has 2 aliphatic heterocycles. The predicted molar refractivity (Wildman–Crippen MR) is 81.0 cm³/mol. The third kappa shape index (κ3) is 3.05. The smallest absolute Gasteiger partial charge is 0.200 e. The Morgan fingerprint density at radius 1 is 1.18 bits per heavy atom. The van der Waals surface area contributed by atoms with Crippen LogP contribution in [0.25, 0.3) is 17.2 Å². The van der Waals surface area contributed by atoms with Crippen molar-refractivity contribution in [2.45, 2.75) is 6.54 Å². The predicted octanol–water partition coefficient (Wildman–Crippen LogP) is 1.25. The summed E-state index contributed by atoms with van der Waals surface area (Å²) in [5.41, 5.74) is 8.36. The molecule has 0 aliphatic carbocycles. The van der Waals surface area contributed by atoms with Crippen molar-refractivity contribution in [2.75, 3.05) is 20.3 Å². The van der Waals surface area contributed by atoms with E-state index in [9.17, 15) is 0 Å². The van der Waals surface area contributed by atoms with Crippen molar-refractivity contribution in [3.05, 3.63) is 42.4 Å². The number of fused-ring (bicyclic) bond motifs is 1. The summed E-state index contributed by atoms with van der Waals surface area (Å²) >= 11 is 0. The molecule has 114 valence electrons. The summed E-state index contributed by atoms with van der Waals surface area (Å²) in [5.74, 6) is 1.33. The normalized spacial score (nSPS) is 11.0. The zero-order chi connectivity index (χ0) is 15.4. The zero-order valence-electron chi connectivity index (χ0n) is 12.3. The first-order valence-electron chi connectivity index (χ1n) is 6.92. The SMILES string of the molecule is COCCOc1cc(CN)cc(-n2ccc3ncnc-3n2)c1. The van der Waals surface area contributed by atoms with Crippen LogP contribution in [0.2, 0.25) is 0 Å². The lowest BCUT2D eigenvalue weighted by Gasteiger charge is -2.12. The molecule has 22 heavy (non-hydrogen) atoms. The van der Waals surface area contributed by atoms with E-state index in [1.54, 1.807) is 11.8 Å². The van der Waals surface area contributed by atoms with Crippen LogP contribution in [0.15, 0.2) is 36.8 Å². The summed E-state index contributed by atoms with van der Waals surface area (Å²) in [5, 5.41) is 4.44. The van der Waals surface area contributed by atoms with Gasteiger partial charge in [-0.2, -0.15) is 0 Å². The molecule has 1 aromatic carbocycles. The van der Waals surface area contributed by atoms with Crippen LogP contribution >= 0.6 is 0 Å². The highest BCUT2D eigenvalue weighted by Crippen LogP contribution is 2.21. The van der Waals surface area contributed by atoms with Crippen molar-refractivity contribution in [3.8, 4) is 23.0 Å². The summed E-state index contributed by atoms with van der Waals surface area (Å²) < 4.78 is 12.4. The monoisotopic (exact) mass is 299 g/mol. The second-order valence-electron chi connectivity index (χ2n) is 4.72. The van der Waals surface area contributed by atoms with Gasteiger partial charge in [0, 0.05) is 25.9 Å². The Kier molecular flexibility index (Phi) is 4.27. The van der Waals surface area contributed by atoms with Crippen molar-refractivity contribution < 1.29 is 9.47 Å². The number of nitrogens with zero attached hydrogens (tertiary/aromatic N) is 4. The Morgan fingerprint density at radius 3 is 2.91 bits per heavy atom. The van der Waals surface area contributed by atoms with Crippen LogP contribution in [-0.4, -0.2) is 40.1 Å². The van der Waals surface area contributed by atoms with Gasteiger partial charge in [-0.25, -0.2) is 14.6 Å². The van der Waals surface area contributed by atoms with Gasteiger partial charge in [-0.15, -0.1) is 5.10 Å². The number of methoxy groups -OCH3 is 1. The lowest BCUT2D eigenvalue weighted by atomic mass is 10.2. The number of hydrogen-bond donors (Lipinski definition) is 1. The van der Waals surface area contributed by atoms with E-state index in [2.05, 4.69) is 15.1 Å². The molecular formula is C15H17N5O2. The van der Waals surface area contributed by atoms with Gasteiger partial charge >= 0.3 is 0 Å². The first kappa shape index (κ1) is 14.4. The van der Waals surface area contributed by atoms with Gasteiger partial charge in [0.05, 0.1) is 12.3 Å². The molecule has 7 heteroatoms. The lowest BCUT2D eigenvalue weighted by Crippen LogP contribution is -2.08. The molecule has 0 atom stereocenters. The molecule has 7 nitrogen and oxygen atoms in total. The van der Waals surface area contributed by atoms with Crippen LogP contribution in [0, 0.1) is 0 Å². The van der Waals surface area contributed by atoms with Gasteiger partial charge < -0.3 is 15.2 Å². The maximum Gasteiger partial charge on any atom is 0.200 e. The van der Waals surface area contributed by atoms with E-state index in [0.29, 0.717) is 25.6 Å². The largest absolute Gasteiger partial charge is 0.491 e. The van der Waals surface area contributed by atoms with Gasteiger partial charge in [0.1, 0.15) is 24.4 Å². The Hall–Kier alpha value is -2.51. The summed E-state index contributed by atoms with van der Waals surface area (Å²) in [6, 6.07) is 7.67. The molecule has 0 saturated heterocycles. The van der Waals surface area contributed by atoms with Gasteiger partial charge in [-0.05, 0) is 23.8 Å². The molecule has 2 heterocycles. The molecular weight excluding hydrogens is 282 g/mol. The minimum absolute atomic E-state index is 0.424. The second kappa shape index (κ2) is 6.50. The fourth-order valence-corrected chi connectivity index (χ4v) is 2.10. The molecule has 3 rings (SSSR count). The first-order chi connectivity index (χ1) is 10.8. The highest BCUT2D eigenvalue weighted by Gasteiger charge is 2.09. The number of rotatable bonds is 6. The summed E-state index contributed by atoms with van der Waals surface area (Å²) in [7, 11) is 1.64. The summed E-state index contributed by atoms with van der Waals surface area (Å²) in [6.45, 7) is 1.44.